The predicted molar refractivity (Wildman–Crippen MR) is 135 cm³/mol. The van der Waals surface area contributed by atoms with E-state index >= 15 is 0 Å². The number of para-hydroxylation sites is 1. The van der Waals surface area contributed by atoms with Gasteiger partial charge in [-0.2, -0.15) is 5.10 Å². The van der Waals surface area contributed by atoms with Crippen LogP contribution in [-0.4, -0.2) is 46.3 Å². The van der Waals surface area contributed by atoms with Crippen LogP contribution in [0.15, 0.2) is 60.7 Å². The van der Waals surface area contributed by atoms with Crippen LogP contribution in [0, 0.1) is 0 Å². The van der Waals surface area contributed by atoms with Crippen LogP contribution in [0.5, 0.6) is 5.75 Å². The minimum atomic E-state index is -0.353. The van der Waals surface area contributed by atoms with E-state index in [9.17, 15) is 9.59 Å². The van der Waals surface area contributed by atoms with Crippen molar-refractivity contribution in [3.05, 3.63) is 66.4 Å². The SMILES string of the molecule is CCOc1ccc(NC(=O)N(CC)CC(=O)Nc2cc(C(C)(C)C)nn2-c2ccccc2)cc1. The first-order valence-corrected chi connectivity index (χ1v) is 11.5. The van der Waals surface area contributed by atoms with Crippen LogP contribution in [0.4, 0.5) is 16.3 Å². The fourth-order valence-corrected chi connectivity index (χ4v) is 3.29. The Morgan fingerprint density at radius 3 is 2.26 bits per heavy atom. The zero-order chi connectivity index (χ0) is 24.7. The highest BCUT2D eigenvalue weighted by atomic mass is 16.5. The first-order valence-electron chi connectivity index (χ1n) is 11.5. The summed E-state index contributed by atoms with van der Waals surface area (Å²) >= 11 is 0. The van der Waals surface area contributed by atoms with Gasteiger partial charge in [0, 0.05) is 23.7 Å². The monoisotopic (exact) mass is 463 g/mol. The highest BCUT2D eigenvalue weighted by Crippen LogP contribution is 2.26. The summed E-state index contributed by atoms with van der Waals surface area (Å²) in [6.45, 7) is 10.8. The van der Waals surface area contributed by atoms with E-state index in [1.807, 2.05) is 50.2 Å². The Labute approximate surface area is 200 Å². The first kappa shape index (κ1) is 24.8. The third kappa shape index (κ3) is 6.37. The summed E-state index contributed by atoms with van der Waals surface area (Å²) in [6.07, 6.45) is 0. The number of aromatic nitrogens is 2. The smallest absolute Gasteiger partial charge is 0.322 e. The average molecular weight is 464 g/mol. The van der Waals surface area contributed by atoms with E-state index in [2.05, 4.69) is 31.4 Å². The van der Waals surface area contributed by atoms with E-state index in [-0.39, 0.29) is 23.9 Å². The van der Waals surface area contributed by atoms with Crippen molar-refractivity contribution < 1.29 is 14.3 Å². The molecular weight excluding hydrogens is 430 g/mol. The van der Waals surface area contributed by atoms with Crippen molar-refractivity contribution in [3.8, 4) is 11.4 Å². The molecule has 0 saturated carbocycles. The second kappa shape index (κ2) is 10.9. The van der Waals surface area contributed by atoms with E-state index in [0.717, 1.165) is 17.1 Å². The molecule has 1 aromatic heterocycles. The Morgan fingerprint density at radius 2 is 1.68 bits per heavy atom. The molecule has 0 bridgehead atoms. The first-order chi connectivity index (χ1) is 16.2. The number of amides is 3. The molecule has 8 nitrogen and oxygen atoms in total. The zero-order valence-corrected chi connectivity index (χ0v) is 20.5. The Balaban J connectivity index is 1.71. The number of nitrogens with one attached hydrogen (secondary N) is 2. The van der Waals surface area contributed by atoms with Crippen LogP contribution in [-0.2, 0) is 10.2 Å². The molecule has 0 atom stereocenters. The van der Waals surface area contributed by atoms with Gasteiger partial charge in [-0.3, -0.25) is 4.79 Å². The summed E-state index contributed by atoms with van der Waals surface area (Å²) in [5.41, 5.74) is 2.14. The number of anilines is 2. The average Bonchev–Trinajstić information content (AvgIpc) is 3.23. The third-order valence-corrected chi connectivity index (χ3v) is 5.17. The minimum Gasteiger partial charge on any atom is -0.494 e. The lowest BCUT2D eigenvalue weighted by molar-refractivity contribution is -0.116. The van der Waals surface area contributed by atoms with Crippen LogP contribution < -0.4 is 15.4 Å². The molecule has 3 amide bonds. The number of hydrogen-bond donors (Lipinski definition) is 2. The normalized spacial score (nSPS) is 11.1. The van der Waals surface area contributed by atoms with Crippen molar-refractivity contribution in [2.24, 2.45) is 0 Å². The molecular formula is C26H33N5O3. The largest absolute Gasteiger partial charge is 0.494 e. The topological polar surface area (TPSA) is 88.5 Å². The van der Waals surface area contributed by atoms with Gasteiger partial charge in [0.2, 0.25) is 5.91 Å². The lowest BCUT2D eigenvalue weighted by Crippen LogP contribution is -2.40. The lowest BCUT2D eigenvalue weighted by atomic mass is 9.92. The molecule has 2 N–H and O–H groups in total. The maximum Gasteiger partial charge on any atom is 0.322 e. The zero-order valence-electron chi connectivity index (χ0n) is 20.5. The molecule has 0 aliphatic heterocycles. The summed E-state index contributed by atoms with van der Waals surface area (Å²) in [7, 11) is 0. The molecule has 0 aliphatic rings. The van der Waals surface area contributed by atoms with Gasteiger partial charge in [0.25, 0.3) is 0 Å². The van der Waals surface area contributed by atoms with Gasteiger partial charge in [-0.05, 0) is 50.2 Å². The Morgan fingerprint density at radius 1 is 1.00 bits per heavy atom. The van der Waals surface area contributed by atoms with Gasteiger partial charge in [-0.1, -0.05) is 39.0 Å². The van der Waals surface area contributed by atoms with Crippen molar-refractivity contribution in [3.63, 3.8) is 0 Å². The summed E-state index contributed by atoms with van der Waals surface area (Å²) in [5, 5.41) is 10.5. The van der Waals surface area contributed by atoms with Crippen molar-refractivity contribution >= 4 is 23.4 Å². The molecule has 34 heavy (non-hydrogen) atoms. The van der Waals surface area contributed by atoms with Gasteiger partial charge in [-0.25, -0.2) is 9.48 Å². The van der Waals surface area contributed by atoms with Gasteiger partial charge in [-0.15, -0.1) is 0 Å². The van der Waals surface area contributed by atoms with Crippen molar-refractivity contribution in [1.82, 2.24) is 14.7 Å². The molecule has 180 valence electrons. The van der Waals surface area contributed by atoms with Gasteiger partial charge < -0.3 is 20.3 Å². The number of urea groups is 1. The van der Waals surface area contributed by atoms with Crippen molar-refractivity contribution in [2.45, 2.75) is 40.0 Å². The highest BCUT2D eigenvalue weighted by Gasteiger charge is 2.22. The molecule has 2 aromatic carbocycles. The third-order valence-electron chi connectivity index (χ3n) is 5.17. The number of hydrogen-bond acceptors (Lipinski definition) is 4. The molecule has 3 rings (SSSR count). The minimum absolute atomic E-state index is 0.0931. The second-order valence-electron chi connectivity index (χ2n) is 8.86. The van der Waals surface area contributed by atoms with Gasteiger partial charge >= 0.3 is 6.03 Å². The lowest BCUT2D eigenvalue weighted by Gasteiger charge is -2.21. The molecule has 0 saturated heterocycles. The van der Waals surface area contributed by atoms with E-state index in [1.165, 1.54) is 4.90 Å². The molecule has 0 unspecified atom stereocenters. The number of likely N-dealkylation sites (N-methyl/N-ethyl adjacent to an activating group) is 1. The Kier molecular flexibility index (Phi) is 7.94. The number of carbonyl (C=O) groups excluding carboxylic acids is 2. The summed E-state index contributed by atoms with van der Waals surface area (Å²) in [6, 6.07) is 18.3. The fourth-order valence-electron chi connectivity index (χ4n) is 3.29. The van der Waals surface area contributed by atoms with Gasteiger partial charge in [0.15, 0.2) is 0 Å². The quantitative estimate of drug-likeness (QED) is 0.489. The number of ether oxygens (including phenoxy) is 1. The molecule has 8 heteroatoms. The van der Waals surface area contributed by atoms with Crippen LogP contribution in [0.2, 0.25) is 0 Å². The Bertz CT molecular complexity index is 1100. The Hall–Kier alpha value is -3.81. The number of carbonyl (C=O) groups is 2. The van der Waals surface area contributed by atoms with Gasteiger partial charge in [0.1, 0.15) is 18.1 Å². The van der Waals surface area contributed by atoms with Crippen molar-refractivity contribution in [1.29, 1.82) is 0 Å². The second-order valence-corrected chi connectivity index (χ2v) is 8.86. The summed E-state index contributed by atoms with van der Waals surface area (Å²) in [5.74, 6) is 0.988. The molecule has 1 heterocycles. The molecule has 3 aromatic rings. The molecule has 0 spiro atoms. The number of nitrogens with zero attached hydrogens (tertiary/aromatic N) is 3. The molecule has 0 radical (unpaired) electrons. The van der Waals surface area contributed by atoms with Crippen LogP contribution in [0.3, 0.4) is 0 Å². The fraction of sp³-hybridized carbons (Fsp3) is 0.346. The van der Waals surface area contributed by atoms with Crippen LogP contribution in [0.25, 0.3) is 5.69 Å². The highest BCUT2D eigenvalue weighted by molar-refractivity contribution is 5.96. The summed E-state index contributed by atoms with van der Waals surface area (Å²) in [4.78, 5) is 27.1. The van der Waals surface area contributed by atoms with E-state index in [4.69, 9.17) is 9.84 Å². The molecule has 0 fully saturated rings. The van der Waals surface area contributed by atoms with E-state index < -0.39 is 0 Å². The van der Waals surface area contributed by atoms with Gasteiger partial charge in [0.05, 0.1) is 18.0 Å². The predicted octanol–water partition coefficient (Wildman–Crippen LogP) is 5.06. The van der Waals surface area contributed by atoms with E-state index in [0.29, 0.717) is 24.7 Å². The molecule has 0 aliphatic carbocycles. The number of benzene rings is 2. The van der Waals surface area contributed by atoms with Crippen LogP contribution in [0.1, 0.15) is 40.3 Å². The van der Waals surface area contributed by atoms with Crippen LogP contribution >= 0.6 is 0 Å². The summed E-state index contributed by atoms with van der Waals surface area (Å²) < 4.78 is 7.14. The van der Waals surface area contributed by atoms with Crippen molar-refractivity contribution in [2.75, 3.05) is 30.3 Å². The maximum atomic E-state index is 12.9. The standard InChI is InChI=1S/C26H33N5O3/c1-6-30(25(33)27-19-13-15-21(16-14-19)34-7-2)18-24(32)28-23-17-22(26(3,4)5)29-31(23)20-11-9-8-10-12-20/h8-17H,6-7,18H2,1-5H3,(H,27,33)(H,28,32). The van der Waals surface area contributed by atoms with E-state index in [1.54, 1.807) is 28.9 Å². The maximum absolute atomic E-state index is 12.9. The number of rotatable bonds is 8.